The molecule has 6 heteroatoms. The Bertz CT molecular complexity index is 647. The minimum atomic E-state index is 0.463. The molecule has 0 aliphatic heterocycles. The number of nitrogens with one attached hydrogen (secondary N) is 2. The third kappa shape index (κ3) is 5.27. The SMILES string of the molecule is CCC(CC)c1cc(CNC(=NC)NCc2ccc(Cl)cc2)on1. The van der Waals surface area contributed by atoms with Crippen LogP contribution in [0.25, 0.3) is 0 Å². The molecule has 1 heterocycles. The molecular weight excluding hydrogens is 324 g/mol. The number of benzene rings is 1. The lowest BCUT2D eigenvalue weighted by molar-refractivity contribution is 0.368. The molecule has 0 amide bonds. The smallest absolute Gasteiger partial charge is 0.191 e. The van der Waals surface area contributed by atoms with Gasteiger partial charge in [0.1, 0.15) is 0 Å². The Morgan fingerprint density at radius 2 is 1.83 bits per heavy atom. The Balaban J connectivity index is 1.84. The molecule has 2 rings (SSSR count). The number of nitrogens with zero attached hydrogens (tertiary/aromatic N) is 2. The first kappa shape index (κ1) is 18.3. The average Bonchev–Trinajstić information content (AvgIpc) is 3.06. The van der Waals surface area contributed by atoms with Crippen LogP contribution in [0.2, 0.25) is 5.02 Å². The Hall–Kier alpha value is -2.01. The zero-order valence-electron chi connectivity index (χ0n) is 14.5. The first-order chi connectivity index (χ1) is 11.7. The number of hydrogen-bond acceptors (Lipinski definition) is 3. The van der Waals surface area contributed by atoms with Crippen molar-refractivity contribution in [1.82, 2.24) is 15.8 Å². The van der Waals surface area contributed by atoms with Crippen LogP contribution >= 0.6 is 11.6 Å². The quantitative estimate of drug-likeness (QED) is 0.584. The van der Waals surface area contributed by atoms with Crippen LogP contribution in [0, 0.1) is 0 Å². The molecule has 0 saturated heterocycles. The van der Waals surface area contributed by atoms with Gasteiger partial charge >= 0.3 is 0 Å². The van der Waals surface area contributed by atoms with Crippen LogP contribution in [0.5, 0.6) is 0 Å². The topological polar surface area (TPSA) is 62.5 Å². The first-order valence-electron chi connectivity index (χ1n) is 8.30. The molecule has 1 aromatic heterocycles. The summed E-state index contributed by atoms with van der Waals surface area (Å²) in [5.41, 5.74) is 2.17. The van der Waals surface area contributed by atoms with E-state index >= 15 is 0 Å². The summed E-state index contributed by atoms with van der Waals surface area (Å²) in [5, 5.41) is 11.4. The number of hydrogen-bond donors (Lipinski definition) is 2. The van der Waals surface area contributed by atoms with Gasteiger partial charge in [-0.25, -0.2) is 0 Å². The van der Waals surface area contributed by atoms with E-state index in [9.17, 15) is 0 Å². The molecular formula is C18H25ClN4O. The lowest BCUT2D eigenvalue weighted by atomic mass is 9.99. The summed E-state index contributed by atoms with van der Waals surface area (Å²) in [6.45, 7) is 5.56. The van der Waals surface area contributed by atoms with Crippen LogP contribution in [0.1, 0.15) is 49.6 Å². The Labute approximate surface area is 148 Å². The van der Waals surface area contributed by atoms with Crippen molar-refractivity contribution in [3.8, 4) is 0 Å². The molecule has 2 aromatic rings. The van der Waals surface area contributed by atoms with Crippen molar-refractivity contribution in [2.75, 3.05) is 7.05 Å². The van der Waals surface area contributed by atoms with Crippen LogP contribution in [0.4, 0.5) is 0 Å². The van der Waals surface area contributed by atoms with Crippen LogP contribution in [0.3, 0.4) is 0 Å². The summed E-state index contributed by atoms with van der Waals surface area (Å²) >= 11 is 5.89. The summed E-state index contributed by atoms with van der Waals surface area (Å²) in [5.74, 6) is 1.99. The largest absolute Gasteiger partial charge is 0.359 e. The van der Waals surface area contributed by atoms with E-state index in [0.717, 1.165) is 34.9 Å². The van der Waals surface area contributed by atoms with Gasteiger partial charge in [0.15, 0.2) is 11.7 Å². The molecule has 0 radical (unpaired) electrons. The van der Waals surface area contributed by atoms with Crippen LogP contribution < -0.4 is 10.6 Å². The molecule has 0 atom stereocenters. The fourth-order valence-corrected chi connectivity index (χ4v) is 2.62. The normalized spacial score (nSPS) is 11.8. The van der Waals surface area contributed by atoms with Gasteiger partial charge in [-0.1, -0.05) is 42.7 Å². The molecule has 2 N–H and O–H groups in total. The highest BCUT2D eigenvalue weighted by Crippen LogP contribution is 2.22. The molecule has 0 aliphatic rings. The minimum absolute atomic E-state index is 0.463. The summed E-state index contributed by atoms with van der Waals surface area (Å²) < 4.78 is 5.41. The Kier molecular flexibility index (Phi) is 7.12. The van der Waals surface area contributed by atoms with E-state index in [2.05, 4.69) is 34.6 Å². The van der Waals surface area contributed by atoms with Gasteiger partial charge in [0, 0.05) is 30.6 Å². The molecule has 24 heavy (non-hydrogen) atoms. The minimum Gasteiger partial charge on any atom is -0.359 e. The maximum atomic E-state index is 5.89. The Morgan fingerprint density at radius 3 is 2.46 bits per heavy atom. The Morgan fingerprint density at radius 1 is 1.17 bits per heavy atom. The van der Waals surface area contributed by atoms with Gasteiger partial charge < -0.3 is 15.2 Å². The van der Waals surface area contributed by atoms with E-state index in [-0.39, 0.29) is 0 Å². The van der Waals surface area contributed by atoms with E-state index in [1.807, 2.05) is 30.3 Å². The van der Waals surface area contributed by atoms with Gasteiger partial charge in [-0.15, -0.1) is 0 Å². The van der Waals surface area contributed by atoms with Gasteiger partial charge in [0.05, 0.1) is 12.2 Å². The summed E-state index contributed by atoms with van der Waals surface area (Å²) in [6, 6.07) is 9.75. The molecule has 0 bridgehead atoms. The maximum absolute atomic E-state index is 5.89. The van der Waals surface area contributed by atoms with Crippen molar-refractivity contribution in [2.45, 2.75) is 45.7 Å². The zero-order chi connectivity index (χ0) is 17.4. The van der Waals surface area contributed by atoms with E-state index < -0.39 is 0 Å². The van der Waals surface area contributed by atoms with Gasteiger partial charge in [0.2, 0.25) is 0 Å². The van der Waals surface area contributed by atoms with Crippen LogP contribution in [-0.2, 0) is 13.1 Å². The van der Waals surface area contributed by atoms with Crippen molar-refractivity contribution in [2.24, 2.45) is 4.99 Å². The molecule has 0 fully saturated rings. The molecule has 0 saturated carbocycles. The van der Waals surface area contributed by atoms with Crippen molar-refractivity contribution in [3.63, 3.8) is 0 Å². The molecule has 0 aliphatic carbocycles. The summed E-state index contributed by atoms with van der Waals surface area (Å²) in [6.07, 6.45) is 2.14. The van der Waals surface area contributed by atoms with Crippen LogP contribution in [0.15, 0.2) is 39.8 Å². The zero-order valence-corrected chi connectivity index (χ0v) is 15.2. The molecule has 5 nitrogen and oxygen atoms in total. The van der Waals surface area contributed by atoms with Crippen molar-refractivity contribution in [1.29, 1.82) is 0 Å². The monoisotopic (exact) mass is 348 g/mol. The fraction of sp³-hybridized carbons (Fsp3) is 0.444. The lowest BCUT2D eigenvalue weighted by Crippen LogP contribution is -2.36. The van der Waals surface area contributed by atoms with E-state index in [1.165, 1.54) is 0 Å². The van der Waals surface area contributed by atoms with Crippen molar-refractivity contribution < 1.29 is 4.52 Å². The van der Waals surface area contributed by atoms with Gasteiger partial charge in [0.25, 0.3) is 0 Å². The molecule has 0 unspecified atom stereocenters. The second kappa shape index (κ2) is 9.33. The number of aromatic nitrogens is 1. The third-order valence-electron chi connectivity index (χ3n) is 4.01. The summed E-state index contributed by atoms with van der Waals surface area (Å²) in [4.78, 5) is 4.22. The standard InChI is InChI=1S/C18H25ClN4O/c1-4-14(5-2)17-10-16(24-23-17)12-22-18(20-3)21-11-13-6-8-15(19)9-7-13/h6-10,14H,4-5,11-12H2,1-3H3,(H2,20,21,22). The second-order valence-electron chi connectivity index (χ2n) is 5.64. The molecule has 1 aromatic carbocycles. The molecule has 0 spiro atoms. The second-order valence-corrected chi connectivity index (χ2v) is 6.07. The fourth-order valence-electron chi connectivity index (χ4n) is 2.49. The average molecular weight is 349 g/mol. The highest BCUT2D eigenvalue weighted by atomic mass is 35.5. The van der Waals surface area contributed by atoms with Crippen molar-refractivity contribution >= 4 is 17.6 Å². The van der Waals surface area contributed by atoms with E-state index in [0.29, 0.717) is 25.0 Å². The van der Waals surface area contributed by atoms with Crippen molar-refractivity contribution in [3.05, 3.63) is 52.4 Å². The highest BCUT2D eigenvalue weighted by Gasteiger charge is 2.13. The first-order valence-corrected chi connectivity index (χ1v) is 8.68. The van der Waals surface area contributed by atoms with E-state index in [4.69, 9.17) is 16.1 Å². The number of halogens is 1. The predicted molar refractivity (Wildman–Crippen MR) is 98.3 cm³/mol. The molecule has 130 valence electrons. The number of aliphatic imine (C=N–C) groups is 1. The number of rotatable bonds is 7. The van der Waals surface area contributed by atoms with Gasteiger partial charge in [-0.3, -0.25) is 4.99 Å². The van der Waals surface area contributed by atoms with Gasteiger partial charge in [-0.05, 0) is 30.5 Å². The lowest BCUT2D eigenvalue weighted by Gasteiger charge is -2.10. The predicted octanol–water partition coefficient (Wildman–Crippen LogP) is 4.10. The van der Waals surface area contributed by atoms with E-state index in [1.54, 1.807) is 7.05 Å². The maximum Gasteiger partial charge on any atom is 0.191 e. The third-order valence-corrected chi connectivity index (χ3v) is 4.26. The summed E-state index contributed by atoms with van der Waals surface area (Å²) in [7, 11) is 1.74. The van der Waals surface area contributed by atoms with Gasteiger partial charge in [-0.2, -0.15) is 0 Å². The highest BCUT2D eigenvalue weighted by molar-refractivity contribution is 6.30. The number of guanidine groups is 1. The van der Waals surface area contributed by atoms with Crippen LogP contribution in [-0.4, -0.2) is 18.2 Å².